The van der Waals surface area contributed by atoms with Crippen molar-refractivity contribution in [3.8, 4) is 0 Å². The molecular weight excluding hydrogens is 324 g/mol. The molecule has 3 fully saturated rings. The number of halogens is 1. The van der Waals surface area contributed by atoms with E-state index in [1.807, 2.05) is 12.3 Å². The number of fused-ring (bicyclic) bond motifs is 6. The third-order valence-electron chi connectivity index (χ3n) is 6.06. The van der Waals surface area contributed by atoms with Crippen LogP contribution in [0.2, 0.25) is 0 Å². The van der Waals surface area contributed by atoms with Gasteiger partial charge in [-0.1, -0.05) is 28.1 Å². The maximum atomic E-state index is 4.58. The number of benzene rings is 1. The third-order valence-corrected chi connectivity index (χ3v) is 6.76. The minimum atomic E-state index is 0.790. The zero-order chi connectivity index (χ0) is 14.0. The van der Waals surface area contributed by atoms with Gasteiger partial charge in [-0.15, -0.1) is 0 Å². The molecule has 3 heteroatoms. The normalized spacial score (nSPS) is 36.1. The standard InChI is InChI=1S/C18H19BrN2/c19-14-6-5-12(17-13(14)2-1-7-20-17)9-21-18-15-10-3-4-11(8-10)16(15)18/h1-2,5-7,10-11,15-16,18,21H,3-4,8-9H2. The molecule has 1 N–H and O–H groups in total. The Bertz CT molecular complexity index is 697. The first-order valence-corrected chi connectivity index (χ1v) is 8.88. The first-order chi connectivity index (χ1) is 10.3. The van der Waals surface area contributed by atoms with Crippen molar-refractivity contribution in [3.63, 3.8) is 0 Å². The number of nitrogens with one attached hydrogen (secondary N) is 1. The fourth-order valence-electron chi connectivity index (χ4n) is 5.16. The van der Waals surface area contributed by atoms with Crippen LogP contribution in [-0.2, 0) is 6.54 Å². The fourth-order valence-corrected chi connectivity index (χ4v) is 5.62. The molecular formula is C18H19BrN2. The van der Waals surface area contributed by atoms with Crippen molar-refractivity contribution in [2.24, 2.45) is 23.7 Å². The number of hydrogen-bond acceptors (Lipinski definition) is 2. The number of rotatable bonds is 3. The summed E-state index contributed by atoms with van der Waals surface area (Å²) in [5, 5.41) is 5.05. The summed E-state index contributed by atoms with van der Waals surface area (Å²) in [6.45, 7) is 0.956. The van der Waals surface area contributed by atoms with E-state index in [4.69, 9.17) is 0 Å². The molecule has 4 atom stereocenters. The summed E-state index contributed by atoms with van der Waals surface area (Å²) in [5.74, 6) is 4.08. The van der Waals surface area contributed by atoms with Crippen LogP contribution in [0.4, 0.5) is 0 Å². The van der Waals surface area contributed by atoms with Crippen molar-refractivity contribution in [2.45, 2.75) is 31.8 Å². The maximum Gasteiger partial charge on any atom is 0.0758 e. The summed E-state index contributed by atoms with van der Waals surface area (Å²) >= 11 is 3.63. The molecule has 2 nitrogen and oxygen atoms in total. The molecule has 1 heterocycles. The van der Waals surface area contributed by atoms with Gasteiger partial charge >= 0.3 is 0 Å². The number of pyridine rings is 1. The van der Waals surface area contributed by atoms with Gasteiger partial charge in [-0.2, -0.15) is 0 Å². The average molecular weight is 343 g/mol. The van der Waals surface area contributed by atoms with Gasteiger partial charge in [0.05, 0.1) is 5.52 Å². The van der Waals surface area contributed by atoms with Crippen LogP contribution in [0.3, 0.4) is 0 Å². The Morgan fingerprint density at radius 2 is 1.95 bits per heavy atom. The van der Waals surface area contributed by atoms with E-state index in [0.29, 0.717) is 0 Å². The van der Waals surface area contributed by atoms with Gasteiger partial charge in [0.15, 0.2) is 0 Å². The molecule has 0 radical (unpaired) electrons. The second-order valence-electron chi connectivity index (χ2n) is 7.00. The van der Waals surface area contributed by atoms with E-state index >= 15 is 0 Å². The van der Waals surface area contributed by atoms with Crippen molar-refractivity contribution in [1.82, 2.24) is 10.3 Å². The van der Waals surface area contributed by atoms with E-state index in [1.54, 1.807) is 0 Å². The van der Waals surface area contributed by atoms with Crippen LogP contribution in [0.15, 0.2) is 34.9 Å². The van der Waals surface area contributed by atoms with Crippen LogP contribution in [0.25, 0.3) is 10.9 Å². The van der Waals surface area contributed by atoms with Crippen LogP contribution in [0, 0.1) is 23.7 Å². The van der Waals surface area contributed by atoms with Crippen LogP contribution in [0.5, 0.6) is 0 Å². The Morgan fingerprint density at radius 3 is 2.76 bits per heavy atom. The van der Waals surface area contributed by atoms with E-state index in [-0.39, 0.29) is 0 Å². The molecule has 1 aromatic carbocycles. The average Bonchev–Trinajstić information content (AvgIpc) is 2.90. The Labute approximate surface area is 133 Å². The van der Waals surface area contributed by atoms with Crippen LogP contribution in [-0.4, -0.2) is 11.0 Å². The van der Waals surface area contributed by atoms with Crippen molar-refractivity contribution < 1.29 is 0 Å². The maximum absolute atomic E-state index is 4.58. The molecule has 0 amide bonds. The Hall–Kier alpha value is -0.930. The van der Waals surface area contributed by atoms with Crippen molar-refractivity contribution in [1.29, 1.82) is 0 Å². The fraction of sp³-hybridized carbons (Fsp3) is 0.500. The second-order valence-corrected chi connectivity index (χ2v) is 7.86. The summed E-state index contributed by atoms with van der Waals surface area (Å²) in [7, 11) is 0. The molecule has 2 aromatic rings. The van der Waals surface area contributed by atoms with Gasteiger partial charge < -0.3 is 5.32 Å². The van der Waals surface area contributed by atoms with Gasteiger partial charge in [-0.3, -0.25) is 4.98 Å². The Kier molecular flexibility index (Phi) is 2.72. The molecule has 2 bridgehead atoms. The number of nitrogens with zero attached hydrogens (tertiary/aromatic N) is 1. The van der Waals surface area contributed by atoms with Gasteiger partial charge in [0.2, 0.25) is 0 Å². The van der Waals surface area contributed by atoms with Gasteiger partial charge in [-0.25, -0.2) is 0 Å². The molecule has 4 unspecified atom stereocenters. The Morgan fingerprint density at radius 1 is 1.14 bits per heavy atom. The second kappa shape index (κ2) is 4.53. The molecule has 5 rings (SSSR count). The summed E-state index contributed by atoms with van der Waals surface area (Å²) in [4.78, 5) is 4.58. The minimum Gasteiger partial charge on any atom is -0.309 e. The molecule has 0 saturated heterocycles. The highest BCUT2D eigenvalue weighted by Gasteiger charge is 2.64. The van der Waals surface area contributed by atoms with E-state index in [1.165, 1.54) is 30.2 Å². The SMILES string of the molecule is Brc1ccc(CNC2C3C4CCC(C4)C23)c2ncccc12. The summed E-state index contributed by atoms with van der Waals surface area (Å²) in [5.41, 5.74) is 2.46. The molecule has 1 aromatic heterocycles. The first kappa shape index (κ1) is 12.6. The summed E-state index contributed by atoms with van der Waals surface area (Å²) < 4.78 is 1.13. The highest BCUT2D eigenvalue weighted by atomic mass is 79.9. The van der Waals surface area contributed by atoms with Crippen LogP contribution >= 0.6 is 15.9 Å². The number of hydrogen-bond donors (Lipinski definition) is 1. The van der Waals surface area contributed by atoms with E-state index in [2.05, 4.69) is 44.4 Å². The van der Waals surface area contributed by atoms with Crippen molar-refractivity contribution in [3.05, 3.63) is 40.5 Å². The third kappa shape index (κ3) is 1.83. The lowest BCUT2D eigenvalue weighted by Crippen LogP contribution is -2.22. The molecule has 3 aliphatic carbocycles. The van der Waals surface area contributed by atoms with Gasteiger partial charge in [0, 0.05) is 28.6 Å². The van der Waals surface area contributed by atoms with E-state index < -0.39 is 0 Å². The van der Waals surface area contributed by atoms with Crippen LogP contribution in [0.1, 0.15) is 24.8 Å². The predicted octanol–water partition coefficient (Wildman–Crippen LogP) is 4.13. The lowest BCUT2D eigenvalue weighted by atomic mass is 10.0. The van der Waals surface area contributed by atoms with Crippen molar-refractivity contribution in [2.75, 3.05) is 0 Å². The minimum absolute atomic E-state index is 0.790. The van der Waals surface area contributed by atoms with E-state index in [9.17, 15) is 0 Å². The quantitative estimate of drug-likeness (QED) is 0.906. The smallest absolute Gasteiger partial charge is 0.0758 e. The molecule has 108 valence electrons. The van der Waals surface area contributed by atoms with E-state index in [0.717, 1.165) is 46.2 Å². The lowest BCUT2D eigenvalue weighted by molar-refractivity contribution is 0.456. The highest BCUT2D eigenvalue weighted by Crippen LogP contribution is 2.65. The van der Waals surface area contributed by atoms with Gasteiger partial charge in [0.25, 0.3) is 0 Å². The van der Waals surface area contributed by atoms with Gasteiger partial charge in [-0.05, 0) is 60.6 Å². The van der Waals surface area contributed by atoms with Crippen LogP contribution < -0.4 is 5.32 Å². The monoisotopic (exact) mass is 342 g/mol. The predicted molar refractivity (Wildman–Crippen MR) is 87.9 cm³/mol. The molecule has 3 aliphatic rings. The first-order valence-electron chi connectivity index (χ1n) is 8.08. The van der Waals surface area contributed by atoms with Crippen molar-refractivity contribution >= 4 is 26.8 Å². The zero-order valence-corrected chi connectivity index (χ0v) is 13.5. The summed E-state index contributed by atoms with van der Waals surface area (Å²) in [6.07, 6.45) is 6.40. The molecule has 0 spiro atoms. The van der Waals surface area contributed by atoms with Gasteiger partial charge in [0.1, 0.15) is 0 Å². The lowest BCUT2D eigenvalue weighted by Gasteiger charge is -2.12. The number of aromatic nitrogens is 1. The highest BCUT2D eigenvalue weighted by molar-refractivity contribution is 9.10. The topological polar surface area (TPSA) is 24.9 Å². The molecule has 0 aliphatic heterocycles. The Balaban J connectivity index is 1.37. The largest absolute Gasteiger partial charge is 0.309 e. The molecule has 21 heavy (non-hydrogen) atoms. The molecule has 3 saturated carbocycles. The summed E-state index contributed by atoms with van der Waals surface area (Å²) in [6, 6.07) is 9.30. The zero-order valence-electron chi connectivity index (χ0n) is 11.9.